The number of nitrogens with one attached hydrogen (secondary N) is 1. The van der Waals surface area contributed by atoms with Crippen LogP contribution >= 0.6 is 15.9 Å². The molecule has 0 unspecified atom stereocenters. The summed E-state index contributed by atoms with van der Waals surface area (Å²) in [6, 6.07) is 18.0. The van der Waals surface area contributed by atoms with Crippen LogP contribution in [0, 0.1) is 0 Å². The summed E-state index contributed by atoms with van der Waals surface area (Å²) in [5.74, 6) is 0.531. The van der Waals surface area contributed by atoms with Gasteiger partial charge in [-0.2, -0.15) is 5.21 Å². The first-order valence-corrected chi connectivity index (χ1v) is 13.5. The molecule has 5 rings (SSSR count). The molecule has 3 heterocycles. The molecule has 0 radical (unpaired) electrons. The highest BCUT2D eigenvalue weighted by atomic mass is 79.9. The minimum Gasteiger partial charge on any atom is -0.290 e. The molecule has 0 saturated carbocycles. The topological polar surface area (TPSA) is 94.3 Å². The van der Waals surface area contributed by atoms with Gasteiger partial charge in [0.2, 0.25) is 5.82 Å². The van der Waals surface area contributed by atoms with Crippen molar-refractivity contribution in [3.63, 3.8) is 0 Å². The third-order valence-electron chi connectivity index (χ3n) is 6.57. The number of benzene rings is 2. The summed E-state index contributed by atoms with van der Waals surface area (Å²) in [5.41, 5.74) is 6.38. The Kier molecular flexibility index (Phi) is 7.12. The van der Waals surface area contributed by atoms with Crippen molar-refractivity contribution >= 4 is 15.9 Å². The average molecular weight is 573 g/mol. The first-order chi connectivity index (χ1) is 18.3. The molecule has 0 aliphatic heterocycles. The van der Waals surface area contributed by atoms with Crippen molar-refractivity contribution < 1.29 is 0 Å². The summed E-state index contributed by atoms with van der Waals surface area (Å²) in [6.45, 7) is 9.00. The van der Waals surface area contributed by atoms with Crippen LogP contribution in [0.3, 0.4) is 0 Å². The molecule has 0 saturated heterocycles. The van der Waals surface area contributed by atoms with Crippen LogP contribution < -0.4 is 5.69 Å². The van der Waals surface area contributed by atoms with E-state index < -0.39 is 0 Å². The maximum Gasteiger partial charge on any atom is 0.333 e. The maximum atomic E-state index is 13.8. The van der Waals surface area contributed by atoms with E-state index in [2.05, 4.69) is 70.3 Å². The van der Waals surface area contributed by atoms with E-state index in [0.717, 1.165) is 56.6 Å². The lowest BCUT2D eigenvalue weighted by molar-refractivity contribution is 0.584. The number of hydrogen-bond acceptors (Lipinski definition) is 5. The molecule has 5 aromatic rings. The maximum absolute atomic E-state index is 13.8. The van der Waals surface area contributed by atoms with Crippen molar-refractivity contribution in [3.05, 3.63) is 98.9 Å². The molecule has 8 nitrogen and oxygen atoms in total. The quantitative estimate of drug-likeness (QED) is 0.261. The van der Waals surface area contributed by atoms with Crippen molar-refractivity contribution in [1.82, 2.24) is 34.7 Å². The fraction of sp³-hybridized carbons (Fsp3) is 0.276. The van der Waals surface area contributed by atoms with Crippen LogP contribution in [0.4, 0.5) is 0 Å². The number of pyridine rings is 1. The van der Waals surface area contributed by atoms with E-state index >= 15 is 0 Å². The van der Waals surface area contributed by atoms with Gasteiger partial charge in [0.15, 0.2) is 0 Å². The highest BCUT2D eigenvalue weighted by Crippen LogP contribution is 2.33. The van der Waals surface area contributed by atoms with Crippen molar-refractivity contribution in [2.24, 2.45) is 0 Å². The largest absolute Gasteiger partial charge is 0.333 e. The van der Waals surface area contributed by atoms with Crippen molar-refractivity contribution in [1.29, 1.82) is 0 Å². The van der Waals surface area contributed by atoms with Crippen LogP contribution in [-0.2, 0) is 18.4 Å². The average Bonchev–Trinajstić information content (AvgIpc) is 3.54. The van der Waals surface area contributed by atoms with Gasteiger partial charge in [0.1, 0.15) is 0 Å². The molecule has 0 amide bonds. The molecule has 0 atom stereocenters. The Morgan fingerprint density at radius 2 is 1.79 bits per heavy atom. The van der Waals surface area contributed by atoms with Gasteiger partial charge < -0.3 is 0 Å². The Hall–Kier alpha value is -3.85. The lowest BCUT2D eigenvalue weighted by Gasteiger charge is -2.23. The van der Waals surface area contributed by atoms with E-state index in [9.17, 15) is 4.79 Å². The van der Waals surface area contributed by atoms with Crippen LogP contribution in [-0.4, -0.2) is 34.7 Å². The van der Waals surface area contributed by atoms with Gasteiger partial charge in [0.25, 0.3) is 0 Å². The zero-order chi connectivity index (χ0) is 26.9. The van der Waals surface area contributed by atoms with Crippen LogP contribution in [0.15, 0.2) is 76.3 Å². The van der Waals surface area contributed by atoms with Crippen molar-refractivity contribution in [3.8, 4) is 28.2 Å². The summed E-state index contributed by atoms with van der Waals surface area (Å²) < 4.78 is 4.52. The Labute approximate surface area is 229 Å². The van der Waals surface area contributed by atoms with Crippen LogP contribution in [0.2, 0.25) is 0 Å². The molecule has 9 heteroatoms. The number of H-pyrrole nitrogens is 1. The third kappa shape index (κ3) is 4.98. The SMILES string of the molecule is CCCc1cn(-c2c(Br)cccc2C(C)(C)C)c(=O)n1Cc1ccc(-c2ccccc2-c2nn[nH]n2)cn1. The van der Waals surface area contributed by atoms with E-state index in [1.165, 1.54) is 0 Å². The number of nitrogens with zero attached hydrogens (tertiary/aromatic N) is 6. The molecule has 0 fully saturated rings. The fourth-order valence-corrected chi connectivity index (χ4v) is 5.28. The number of aryl methyl sites for hydroxylation is 1. The van der Waals surface area contributed by atoms with Crippen molar-refractivity contribution in [2.45, 2.75) is 52.5 Å². The van der Waals surface area contributed by atoms with Gasteiger partial charge >= 0.3 is 5.69 Å². The summed E-state index contributed by atoms with van der Waals surface area (Å²) in [6.07, 6.45) is 5.55. The van der Waals surface area contributed by atoms with Crippen LogP contribution in [0.25, 0.3) is 28.2 Å². The molecule has 0 spiro atoms. The smallest absolute Gasteiger partial charge is 0.290 e. The number of aromatic amines is 1. The second-order valence-corrected chi connectivity index (χ2v) is 11.2. The van der Waals surface area contributed by atoms with Crippen molar-refractivity contribution in [2.75, 3.05) is 0 Å². The Bertz CT molecular complexity index is 1610. The standard InChI is InChI=1S/C29H30BrN7O/c1-5-9-21-18-37(26-24(29(2,3)4)12-8-13-25(26)30)28(38)36(21)17-20-15-14-19(16-31-20)22-10-6-7-11-23(22)27-32-34-35-33-27/h6-8,10-16,18H,5,9,17H2,1-4H3,(H,32,33,34,35). The number of tetrazole rings is 1. The van der Waals surface area contributed by atoms with Gasteiger partial charge in [-0.25, -0.2) is 4.79 Å². The minimum absolute atomic E-state index is 0.0702. The number of imidazole rings is 1. The molecule has 2 aromatic carbocycles. The molecule has 0 aliphatic rings. The molecule has 0 bridgehead atoms. The fourth-order valence-electron chi connectivity index (χ4n) is 4.72. The second-order valence-electron chi connectivity index (χ2n) is 10.3. The molecule has 194 valence electrons. The zero-order valence-corrected chi connectivity index (χ0v) is 23.5. The van der Waals surface area contributed by atoms with Crippen LogP contribution in [0.1, 0.15) is 51.1 Å². The molecule has 1 N–H and O–H groups in total. The summed E-state index contributed by atoms with van der Waals surface area (Å²) in [7, 11) is 0. The highest BCUT2D eigenvalue weighted by Gasteiger charge is 2.23. The molecular weight excluding hydrogens is 542 g/mol. The normalized spacial score (nSPS) is 11.7. The molecule has 3 aromatic heterocycles. The van der Waals surface area contributed by atoms with Gasteiger partial charge in [-0.3, -0.25) is 14.1 Å². The highest BCUT2D eigenvalue weighted by molar-refractivity contribution is 9.10. The predicted molar refractivity (Wildman–Crippen MR) is 152 cm³/mol. The summed E-state index contributed by atoms with van der Waals surface area (Å²) in [5, 5.41) is 14.4. The van der Waals surface area contributed by atoms with E-state index in [1.54, 1.807) is 4.57 Å². The minimum atomic E-state index is -0.124. The van der Waals surface area contributed by atoms with E-state index in [-0.39, 0.29) is 11.1 Å². The second kappa shape index (κ2) is 10.5. The molecule has 38 heavy (non-hydrogen) atoms. The van der Waals surface area contributed by atoms with E-state index in [1.807, 2.05) is 65.5 Å². The monoisotopic (exact) mass is 571 g/mol. The predicted octanol–water partition coefficient (Wildman–Crippen LogP) is 5.94. The number of rotatable bonds is 7. The number of aromatic nitrogens is 7. The zero-order valence-electron chi connectivity index (χ0n) is 21.9. The van der Waals surface area contributed by atoms with Gasteiger partial charge in [-0.15, -0.1) is 10.2 Å². The molecular formula is C29H30BrN7O. The summed E-state index contributed by atoms with van der Waals surface area (Å²) in [4.78, 5) is 18.5. The first kappa shape index (κ1) is 25.8. The Balaban J connectivity index is 1.52. The van der Waals surface area contributed by atoms with Gasteiger partial charge in [0, 0.05) is 33.7 Å². The lowest BCUT2D eigenvalue weighted by atomic mass is 9.86. The lowest BCUT2D eigenvalue weighted by Crippen LogP contribution is -2.27. The molecule has 0 aliphatic carbocycles. The summed E-state index contributed by atoms with van der Waals surface area (Å²) >= 11 is 3.70. The van der Waals surface area contributed by atoms with Gasteiger partial charge in [-0.1, -0.05) is 76.6 Å². The number of halogens is 1. The van der Waals surface area contributed by atoms with Crippen LogP contribution in [0.5, 0.6) is 0 Å². The van der Waals surface area contributed by atoms with E-state index in [4.69, 9.17) is 4.98 Å². The number of hydrogen-bond donors (Lipinski definition) is 1. The van der Waals surface area contributed by atoms with Gasteiger partial charge in [-0.05, 0) is 56.2 Å². The Morgan fingerprint density at radius 3 is 2.45 bits per heavy atom. The first-order valence-electron chi connectivity index (χ1n) is 12.7. The number of para-hydroxylation sites is 1. The third-order valence-corrected chi connectivity index (χ3v) is 7.21. The van der Waals surface area contributed by atoms with E-state index in [0.29, 0.717) is 12.4 Å². The van der Waals surface area contributed by atoms with Gasteiger partial charge in [0.05, 0.1) is 17.9 Å². The Morgan fingerprint density at radius 1 is 1.00 bits per heavy atom.